The molecule has 5 nitrogen and oxygen atoms in total. The predicted octanol–water partition coefficient (Wildman–Crippen LogP) is 2.66. The van der Waals surface area contributed by atoms with E-state index in [4.69, 9.17) is 4.52 Å². The van der Waals surface area contributed by atoms with E-state index < -0.39 is 0 Å². The molecule has 0 atom stereocenters. The first kappa shape index (κ1) is 12.9. The summed E-state index contributed by atoms with van der Waals surface area (Å²) in [5.74, 6) is 0.738. The SMILES string of the molecule is CC(C)C(=O)Cc1nc(-c2ncccc2Br)no1. The lowest BCUT2D eigenvalue weighted by Gasteiger charge is -1.98. The van der Waals surface area contributed by atoms with Crippen LogP contribution < -0.4 is 0 Å². The van der Waals surface area contributed by atoms with Crippen molar-refractivity contribution in [3.05, 3.63) is 28.7 Å². The monoisotopic (exact) mass is 309 g/mol. The topological polar surface area (TPSA) is 68.9 Å². The molecule has 0 saturated heterocycles. The van der Waals surface area contributed by atoms with Gasteiger partial charge in [0.25, 0.3) is 0 Å². The largest absolute Gasteiger partial charge is 0.338 e. The quantitative estimate of drug-likeness (QED) is 0.868. The molecule has 94 valence electrons. The molecule has 2 heterocycles. The van der Waals surface area contributed by atoms with Crippen LogP contribution in [0.3, 0.4) is 0 Å². The van der Waals surface area contributed by atoms with Gasteiger partial charge >= 0.3 is 0 Å². The van der Waals surface area contributed by atoms with Gasteiger partial charge in [-0.05, 0) is 28.1 Å². The maximum absolute atomic E-state index is 11.6. The normalized spacial score (nSPS) is 10.9. The molecule has 0 radical (unpaired) electrons. The van der Waals surface area contributed by atoms with Gasteiger partial charge in [-0.25, -0.2) is 0 Å². The lowest BCUT2D eigenvalue weighted by atomic mass is 10.1. The maximum Gasteiger partial charge on any atom is 0.234 e. The fourth-order valence-electron chi connectivity index (χ4n) is 1.33. The van der Waals surface area contributed by atoms with E-state index in [0.717, 1.165) is 4.47 Å². The summed E-state index contributed by atoms with van der Waals surface area (Å²) in [6, 6.07) is 3.65. The molecular formula is C12H12BrN3O2. The third kappa shape index (κ3) is 2.81. The van der Waals surface area contributed by atoms with Gasteiger partial charge in [0.05, 0.1) is 6.42 Å². The number of aromatic nitrogens is 3. The number of Topliss-reactive ketones (excluding diaryl/α,β-unsaturated/α-hetero) is 1. The van der Waals surface area contributed by atoms with Gasteiger partial charge in [-0.1, -0.05) is 19.0 Å². The summed E-state index contributed by atoms with van der Waals surface area (Å²) in [5.41, 5.74) is 0.601. The number of carbonyl (C=O) groups excluding carboxylic acids is 1. The van der Waals surface area contributed by atoms with Crippen molar-refractivity contribution in [2.45, 2.75) is 20.3 Å². The summed E-state index contributed by atoms with van der Waals surface area (Å²) in [4.78, 5) is 19.9. The average molecular weight is 310 g/mol. The van der Waals surface area contributed by atoms with Gasteiger partial charge in [0.15, 0.2) is 0 Å². The van der Waals surface area contributed by atoms with Crippen LogP contribution in [-0.2, 0) is 11.2 Å². The Balaban J connectivity index is 2.21. The Hall–Kier alpha value is -1.56. The molecule has 0 aliphatic heterocycles. The Kier molecular flexibility index (Phi) is 3.86. The standard InChI is InChI=1S/C12H12BrN3O2/c1-7(2)9(17)6-10-15-12(16-18-10)11-8(13)4-3-5-14-11/h3-5,7H,6H2,1-2H3. The van der Waals surface area contributed by atoms with Crippen molar-refractivity contribution in [3.8, 4) is 11.5 Å². The van der Waals surface area contributed by atoms with E-state index in [1.54, 1.807) is 12.3 Å². The second-order valence-electron chi connectivity index (χ2n) is 4.14. The molecule has 2 rings (SSSR count). The lowest BCUT2D eigenvalue weighted by molar-refractivity contribution is -0.121. The van der Waals surface area contributed by atoms with Crippen molar-refractivity contribution in [3.63, 3.8) is 0 Å². The number of carbonyl (C=O) groups is 1. The molecule has 0 aliphatic rings. The van der Waals surface area contributed by atoms with Crippen LogP contribution in [0.25, 0.3) is 11.5 Å². The first-order valence-corrected chi connectivity index (χ1v) is 6.33. The maximum atomic E-state index is 11.6. The molecule has 0 fully saturated rings. The highest BCUT2D eigenvalue weighted by Gasteiger charge is 2.16. The van der Waals surface area contributed by atoms with Crippen LogP contribution in [0.5, 0.6) is 0 Å². The van der Waals surface area contributed by atoms with Crippen molar-refractivity contribution in [2.24, 2.45) is 5.92 Å². The summed E-state index contributed by atoms with van der Waals surface area (Å²) in [6.07, 6.45) is 1.81. The number of nitrogens with zero attached hydrogens (tertiary/aromatic N) is 3. The van der Waals surface area contributed by atoms with Gasteiger partial charge in [-0.3, -0.25) is 9.78 Å². The molecule has 0 aliphatic carbocycles. The van der Waals surface area contributed by atoms with Crippen LogP contribution in [0.2, 0.25) is 0 Å². The molecule has 0 unspecified atom stereocenters. The molecule has 0 N–H and O–H groups in total. The zero-order valence-electron chi connectivity index (χ0n) is 10.1. The highest BCUT2D eigenvalue weighted by Crippen LogP contribution is 2.23. The van der Waals surface area contributed by atoms with Crippen LogP contribution in [-0.4, -0.2) is 20.9 Å². The average Bonchev–Trinajstić information content (AvgIpc) is 2.77. The number of hydrogen-bond acceptors (Lipinski definition) is 5. The van der Waals surface area contributed by atoms with E-state index >= 15 is 0 Å². The van der Waals surface area contributed by atoms with Crippen LogP contribution in [0.4, 0.5) is 0 Å². The third-order valence-electron chi connectivity index (χ3n) is 2.41. The van der Waals surface area contributed by atoms with Gasteiger partial charge in [0.1, 0.15) is 11.5 Å². The highest BCUT2D eigenvalue weighted by atomic mass is 79.9. The molecular weight excluding hydrogens is 298 g/mol. The second-order valence-corrected chi connectivity index (χ2v) is 5.00. The van der Waals surface area contributed by atoms with Gasteiger partial charge < -0.3 is 4.52 Å². The van der Waals surface area contributed by atoms with E-state index in [2.05, 4.69) is 31.1 Å². The fraction of sp³-hybridized carbons (Fsp3) is 0.333. The van der Waals surface area contributed by atoms with Crippen molar-refractivity contribution in [1.29, 1.82) is 0 Å². The zero-order valence-corrected chi connectivity index (χ0v) is 11.6. The summed E-state index contributed by atoms with van der Waals surface area (Å²) in [7, 11) is 0. The van der Waals surface area contributed by atoms with E-state index in [-0.39, 0.29) is 18.1 Å². The zero-order chi connectivity index (χ0) is 13.1. The van der Waals surface area contributed by atoms with E-state index in [1.165, 1.54) is 0 Å². The number of hydrogen-bond donors (Lipinski definition) is 0. The minimum atomic E-state index is -0.0399. The number of rotatable bonds is 4. The van der Waals surface area contributed by atoms with E-state index in [9.17, 15) is 4.79 Å². The van der Waals surface area contributed by atoms with Crippen LogP contribution in [0.15, 0.2) is 27.3 Å². The van der Waals surface area contributed by atoms with Crippen LogP contribution in [0, 0.1) is 5.92 Å². The molecule has 0 amide bonds. The number of pyridine rings is 1. The van der Waals surface area contributed by atoms with E-state index in [1.807, 2.05) is 19.9 Å². The molecule has 2 aromatic heterocycles. The first-order valence-electron chi connectivity index (χ1n) is 5.54. The molecule has 0 saturated carbocycles. The van der Waals surface area contributed by atoms with Gasteiger partial charge in [-0.15, -0.1) is 0 Å². The summed E-state index contributed by atoms with van der Waals surface area (Å²) in [5, 5.41) is 3.83. The summed E-state index contributed by atoms with van der Waals surface area (Å²) >= 11 is 3.37. The lowest BCUT2D eigenvalue weighted by Crippen LogP contribution is -2.10. The number of halogens is 1. The smallest absolute Gasteiger partial charge is 0.234 e. The summed E-state index contributed by atoms with van der Waals surface area (Å²) in [6.45, 7) is 3.68. The van der Waals surface area contributed by atoms with Crippen molar-refractivity contribution < 1.29 is 9.32 Å². The molecule has 18 heavy (non-hydrogen) atoms. The van der Waals surface area contributed by atoms with Gasteiger partial charge in [0.2, 0.25) is 11.7 Å². The molecule has 0 bridgehead atoms. The minimum absolute atomic E-state index is 0.0399. The molecule has 0 aromatic carbocycles. The third-order valence-corrected chi connectivity index (χ3v) is 3.05. The van der Waals surface area contributed by atoms with Crippen molar-refractivity contribution >= 4 is 21.7 Å². The highest BCUT2D eigenvalue weighted by molar-refractivity contribution is 9.10. The van der Waals surface area contributed by atoms with Crippen molar-refractivity contribution in [1.82, 2.24) is 15.1 Å². The van der Waals surface area contributed by atoms with Crippen LogP contribution >= 0.6 is 15.9 Å². The Labute approximate surface area is 113 Å². The molecule has 6 heteroatoms. The molecule has 2 aromatic rings. The second kappa shape index (κ2) is 5.39. The Morgan fingerprint density at radius 2 is 2.28 bits per heavy atom. The van der Waals surface area contributed by atoms with Crippen LogP contribution in [0.1, 0.15) is 19.7 Å². The van der Waals surface area contributed by atoms with Gasteiger partial charge in [-0.2, -0.15) is 4.98 Å². The first-order chi connectivity index (χ1) is 8.58. The Morgan fingerprint density at radius 3 is 2.94 bits per heavy atom. The van der Waals surface area contributed by atoms with Gasteiger partial charge in [0, 0.05) is 16.6 Å². The molecule has 0 spiro atoms. The minimum Gasteiger partial charge on any atom is -0.338 e. The Bertz CT molecular complexity index is 566. The Morgan fingerprint density at radius 1 is 1.50 bits per heavy atom. The number of ketones is 1. The van der Waals surface area contributed by atoms with E-state index in [0.29, 0.717) is 17.4 Å². The van der Waals surface area contributed by atoms with Crippen molar-refractivity contribution in [2.75, 3.05) is 0 Å². The fourth-order valence-corrected chi connectivity index (χ4v) is 1.76. The predicted molar refractivity (Wildman–Crippen MR) is 68.8 cm³/mol. The summed E-state index contributed by atoms with van der Waals surface area (Å²) < 4.78 is 5.84.